The van der Waals surface area contributed by atoms with Gasteiger partial charge >= 0.3 is 0 Å². The third kappa shape index (κ3) is 5.63. The lowest BCUT2D eigenvalue weighted by Crippen LogP contribution is -2.44. The second-order valence-electron chi connectivity index (χ2n) is 7.10. The molecule has 2 atom stereocenters. The highest BCUT2D eigenvalue weighted by atomic mass is 16.5. The van der Waals surface area contributed by atoms with Crippen LogP contribution in [0.25, 0.3) is 0 Å². The second kappa shape index (κ2) is 9.65. The SMILES string of the molecule is Cc1cccc(C(CNC(=O)CC(N)c2ccccc2)N2CCOCC2)c1. The van der Waals surface area contributed by atoms with E-state index in [1.54, 1.807) is 0 Å². The van der Waals surface area contributed by atoms with Crippen molar-refractivity contribution >= 4 is 5.91 Å². The normalized spacial score (nSPS) is 17.3. The summed E-state index contributed by atoms with van der Waals surface area (Å²) in [7, 11) is 0. The van der Waals surface area contributed by atoms with Gasteiger partial charge in [-0.3, -0.25) is 9.69 Å². The summed E-state index contributed by atoms with van der Waals surface area (Å²) in [5.74, 6) is -0.0164. The maximum Gasteiger partial charge on any atom is 0.221 e. The van der Waals surface area contributed by atoms with Gasteiger partial charge in [-0.05, 0) is 18.1 Å². The first-order chi connectivity index (χ1) is 13.1. The fourth-order valence-corrected chi connectivity index (χ4v) is 3.52. The summed E-state index contributed by atoms with van der Waals surface area (Å²) in [5, 5.41) is 3.10. The van der Waals surface area contributed by atoms with Gasteiger partial charge in [0.2, 0.25) is 5.91 Å². The van der Waals surface area contributed by atoms with E-state index in [4.69, 9.17) is 10.5 Å². The number of carbonyl (C=O) groups excluding carboxylic acids is 1. The Labute approximate surface area is 161 Å². The van der Waals surface area contributed by atoms with Crippen molar-refractivity contribution in [1.82, 2.24) is 10.2 Å². The fraction of sp³-hybridized carbons (Fsp3) is 0.409. The number of nitrogens with two attached hydrogens (primary N) is 1. The number of morpholine rings is 1. The zero-order chi connectivity index (χ0) is 19.1. The number of amides is 1. The van der Waals surface area contributed by atoms with Gasteiger partial charge in [0.1, 0.15) is 0 Å². The Balaban J connectivity index is 1.62. The van der Waals surface area contributed by atoms with E-state index in [1.807, 2.05) is 30.3 Å². The summed E-state index contributed by atoms with van der Waals surface area (Å²) in [5.41, 5.74) is 9.62. The Kier molecular flexibility index (Phi) is 6.98. The zero-order valence-corrected chi connectivity index (χ0v) is 15.9. The molecule has 5 nitrogen and oxygen atoms in total. The summed E-state index contributed by atoms with van der Waals surface area (Å²) in [6.45, 7) is 5.88. The second-order valence-corrected chi connectivity index (χ2v) is 7.10. The van der Waals surface area contributed by atoms with E-state index in [0.717, 1.165) is 31.9 Å². The summed E-state index contributed by atoms with van der Waals surface area (Å²) in [6, 6.07) is 18.1. The fourth-order valence-electron chi connectivity index (χ4n) is 3.52. The Morgan fingerprint density at radius 3 is 2.52 bits per heavy atom. The molecule has 5 heteroatoms. The van der Waals surface area contributed by atoms with Gasteiger partial charge in [0.05, 0.1) is 19.3 Å². The van der Waals surface area contributed by atoms with Crippen molar-refractivity contribution in [2.75, 3.05) is 32.8 Å². The van der Waals surface area contributed by atoms with E-state index >= 15 is 0 Å². The van der Waals surface area contributed by atoms with Crippen molar-refractivity contribution in [2.24, 2.45) is 5.73 Å². The first kappa shape index (κ1) is 19.5. The van der Waals surface area contributed by atoms with Crippen LogP contribution in [0, 0.1) is 6.92 Å². The lowest BCUT2D eigenvalue weighted by Gasteiger charge is -2.35. The molecule has 2 aromatic carbocycles. The van der Waals surface area contributed by atoms with Gasteiger partial charge in [0.25, 0.3) is 0 Å². The largest absolute Gasteiger partial charge is 0.379 e. The Morgan fingerprint density at radius 2 is 1.81 bits per heavy atom. The molecular weight excluding hydrogens is 338 g/mol. The average molecular weight is 367 g/mol. The van der Waals surface area contributed by atoms with E-state index in [0.29, 0.717) is 6.54 Å². The van der Waals surface area contributed by atoms with Crippen molar-refractivity contribution in [2.45, 2.75) is 25.4 Å². The van der Waals surface area contributed by atoms with Gasteiger partial charge in [-0.2, -0.15) is 0 Å². The van der Waals surface area contributed by atoms with Gasteiger partial charge in [-0.15, -0.1) is 0 Å². The average Bonchev–Trinajstić information content (AvgIpc) is 2.70. The molecule has 1 aliphatic rings. The van der Waals surface area contributed by atoms with Crippen molar-refractivity contribution < 1.29 is 9.53 Å². The molecule has 3 N–H and O–H groups in total. The smallest absolute Gasteiger partial charge is 0.221 e. The third-order valence-electron chi connectivity index (χ3n) is 5.04. The van der Waals surface area contributed by atoms with Crippen LogP contribution < -0.4 is 11.1 Å². The molecule has 27 heavy (non-hydrogen) atoms. The van der Waals surface area contributed by atoms with Crippen molar-refractivity contribution in [1.29, 1.82) is 0 Å². The molecule has 0 saturated carbocycles. The van der Waals surface area contributed by atoms with Gasteiger partial charge in [-0.25, -0.2) is 0 Å². The molecule has 2 aromatic rings. The lowest BCUT2D eigenvalue weighted by molar-refractivity contribution is -0.121. The first-order valence-electron chi connectivity index (χ1n) is 9.59. The van der Waals surface area contributed by atoms with E-state index in [9.17, 15) is 4.79 Å². The van der Waals surface area contributed by atoms with Crippen LogP contribution in [0.1, 0.15) is 35.2 Å². The van der Waals surface area contributed by atoms with Crippen LogP contribution in [0.3, 0.4) is 0 Å². The van der Waals surface area contributed by atoms with Gasteiger partial charge in [0, 0.05) is 32.1 Å². The molecule has 3 rings (SSSR count). The maximum atomic E-state index is 12.5. The van der Waals surface area contributed by atoms with Gasteiger partial charge in [-0.1, -0.05) is 60.2 Å². The molecule has 1 aliphatic heterocycles. The Morgan fingerprint density at radius 1 is 1.11 bits per heavy atom. The number of carbonyl (C=O) groups is 1. The van der Waals surface area contributed by atoms with Crippen molar-refractivity contribution in [3.8, 4) is 0 Å². The van der Waals surface area contributed by atoms with Crippen LogP contribution >= 0.6 is 0 Å². The number of hydrogen-bond donors (Lipinski definition) is 2. The lowest BCUT2D eigenvalue weighted by atomic mass is 10.0. The van der Waals surface area contributed by atoms with Crippen molar-refractivity contribution in [3.05, 3.63) is 71.3 Å². The number of ether oxygens (including phenoxy) is 1. The van der Waals surface area contributed by atoms with Crippen LogP contribution in [-0.2, 0) is 9.53 Å². The summed E-state index contributed by atoms with van der Waals surface area (Å²) in [4.78, 5) is 14.9. The van der Waals surface area contributed by atoms with E-state index in [-0.39, 0.29) is 24.4 Å². The number of hydrogen-bond acceptors (Lipinski definition) is 4. The van der Waals surface area contributed by atoms with E-state index in [1.165, 1.54) is 11.1 Å². The molecule has 0 spiro atoms. The predicted octanol–water partition coefficient (Wildman–Crippen LogP) is 2.57. The maximum absolute atomic E-state index is 12.5. The molecule has 1 saturated heterocycles. The topological polar surface area (TPSA) is 67.6 Å². The van der Waals surface area contributed by atoms with Crippen LogP contribution in [0.15, 0.2) is 54.6 Å². The quantitative estimate of drug-likeness (QED) is 0.789. The highest BCUT2D eigenvalue weighted by molar-refractivity contribution is 5.76. The molecule has 2 unspecified atom stereocenters. The summed E-state index contributed by atoms with van der Waals surface area (Å²) >= 11 is 0. The monoisotopic (exact) mass is 367 g/mol. The molecule has 1 amide bonds. The van der Waals surface area contributed by atoms with E-state index < -0.39 is 0 Å². The van der Waals surface area contributed by atoms with Gasteiger partial charge in [0.15, 0.2) is 0 Å². The molecule has 0 radical (unpaired) electrons. The minimum atomic E-state index is -0.285. The molecule has 0 aliphatic carbocycles. The summed E-state index contributed by atoms with van der Waals surface area (Å²) in [6.07, 6.45) is 0.285. The van der Waals surface area contributed by atoms with Crippen LogP contribution in [-0.4, -0.2) is 43.7 Å². The molecule has 1 fully saturated rings. The number of nitrogens with zero attached hydrogens (tertiary/aromatic N) is 1. The Bertz CT molecular complexity index is 729. The number of benzene rings is 2. The first-order valence-corrected chi connectivity index (χ1v) is 9.59. The molecule has 0 bridgehead atoms. The standard InChI is InChI=1S/C22H29N3O2/c1-17-6-5-9-19(14-17)21(25-10-12-27-13-11-25)16-24-22(26)15-20(23)18-7-3-2-4-8-18/h2-9,14,20-21H,10-13,15-16,23H2,1H3,(H,24,26). The molecule has 1 heterocycles. The summed E-state index contributed by atoms with van der Waals surface area (Å²) < 4.78 is 5.49. The highest BCUT2D eigenvalue weighted by Gasteiger charge is 2.23. The Hall–Kier alpha value is -2.21. The van der Waals surface area contributed by atoms with Crippen LogP contribution in [0.5, 0.6) is 0 Å². The van der Waals surface area contributed by atoms with Crippen molar-refractivity contribution in [3.63, 3.8) is 0 Å². The molecular formula is C22H29N3O2. The number of rotatable bonds is 7. The number of aryl methyl sites for hydroxylation is 1. The highest BCUT2D eigenvalue weighted by Crippen LogP contribution is 2.22. The van der Waals surface area contributed by atoms with E-state index in [2.05, 4.69) is 41.4 Å². The zero-order valence-electron chi connectivity index (χ0n) is 15.9. The van der Waals surface area contributed by atoms with Crippen LogP contribution in [0.4, 0.5) is 0 Å². The predicted molar refractivity (Wildman–Crippen MR) is 107 cm³/mol. The number of nitrogens with one attached hydrogen (secondary N) is 1. The van der Waals surface area contributed by atoms with Gasteiger partial charge < -0.3 is 15.8 Å². The minimum Gasteiger partial charge on any atom is -0.379 e. The minimum absolute atomic E-state index is 0.0164. The van der Waals surface area contributed by atoms with Crippen LogP contribution in [0.2, 0.25) is 0 Å². The molecule has 0 aromatic heterocycles. The third-order valence-corrected chi connectivity index (χ3v) is 5.04. The molecule has 144 valence electrons.